The van der Waals surface area contributed by atoms with Gasteiger partial charge in [0.25, 0.3) is 0 Å². The summed E-state index contributed by atoms with van der Waals surface area (Å²) < 4.78 is 5.71. The van der Waals surface area contributed by atoms with Crippen molar-refractivity contribution in [2.45, 2.75) is 27.7 Å². The standard InChI is InChI=1S/C19H23N3O3/c1-12-5-6-13(2)18(14(12)3)25-11-21-19(24)22(15(4)23)17-9-7-16(20)8-10-17/h5-10H,11,20H2,1-4H3,(H,21,24). The summed E-state index contributed by atoms with van der Waals surface area (Å²) in [5, 5.41) is 2.61. The average Bonchev–Trinajstić information content (AvgIpc) is 2.56. The molecule has 132 valence electrons. The summed E-state index contributed by atoms with van der Waals surface area (Å²) in [5.41, 5.74) is 9.76. The number of nitrogens with zero attached hydrogens (tertiary/aromatic N) is 1. The zero-order chi connectivity index (χ0) is 18.6. The predicted molar refractivity (Wildman–Crippen MR) is 98.7 cm³/mol. The molecule has 0 aromatic heterocycles. The number of benzene rings is 2. The second-order valence-electron chi connectivity index (χ2n) is 5.87. The third-order valence-electron chi connectivity index (χ3n) is 3.98. The highest BCUT2D eigenvalue weighted by atomic mass is 16.5. The fourth-order valence-electron chi connectivity index (χ4n) is 2.46. The number of nitrogens with one attached hydrogen (secondary N) is 1. The first-order chi connectivity index (χ1) is 11.8. The maximum atomic E-state index is 12.4. The van der Waals surface area contributed by atoms with Crippen LogP contribution in [0.4, 0.5) is 16.2 Å². The molecular formula is C19H23N3O3. The third kappa shape index (κ3) is 4.29. The number of anilines is 2. The molecule has 0 aliphatic heterocycles. The van der Waals surface area contributed by atoms with Crippen LogP contribution in [0.1, 0.15) is 23.6 Å². The van der Waals surface area contributed by atoms with Crippen molar-refractivity contribution in [2.75, 3.05) is 17.4 Å². The zero-order valence-electron chi connectivity index (χ0n) is 14.9. The molecule has 0 saturated heterocycles. The van der Waals surface area contributed by atoms with Gasteiger partial charge in [-0.2, -0.15) is 0 Å². The Balaban J connectivity index is 2.06. The molecule has 0 spiro atoms. The van der Waals surface area contributed by atoms with Gasteiger partial charge in [-0.3, -0.25) is 4.79 Å². The first-order valence-corrected chi connectivity index (χ1v) is 7.95. The van der Waals surface area contributed by atoms with E-state index in [-0.39, 0.29) is 6.73 Å². The minimum atomic E-state index is -0.555. The number of amides is 3. The van der Waals surface area contributed by atoms with Crippen LogP contribution in [-0.2, 0) is 4.79 Å². The lowest BCUT2D eigenvalue weighted by Gasteiger charge is -2.21. The molecule has 0 saturated carbocycles. The maximum Gasteiger partial charge on any atom is 0.331 e. The lowest BCUT2D eigenvalue weighted by atomic mass is 10.1. The van der Waals surface area contributed by atoms with Crippen LogP contribution in [0.15, 0.2) is 36.4 Å². The molecule has 0 atom stereocenters. The number of carbonyl (C=O) groups is 2. The Morgan fingerprint density at radius 2 is 1.64 bits per heavy atom. The van der Waals surface area contributed by atoms with Gasteiger partial charge in [0.2, 0.25) is 5.91 Å². The number of nitrogens with two attached hydrogens (primary N) is 1. The molecule has 2 aromatic carbocycles. The molecule has 2 rings (SSSR count). The highest BCUT2D eigenvalue weighted by molar-refractivity contribution is 6.13. The number of rotatable bonds is 4. The summed E-state index contributed by atoms with van der Waals surface area (Å²) in [7, 11) is 0. The fourth-order valence-corrected chi connectivity index (χ4v) is 2.46. The highest BCUT2D eigenvalue weighted by Crippen LogP contribution is 2.25. The summed E-state index contributed by atoms with van der Waals surface area (Å²) in [6, 6.07) is 9.94. The zero-order valence-corrected chi connectivity index (χ0v) is 14.9. The molecule has 3 N–H and O–H groups in total. The van der Waals surface area contributed by atoms with Gasteiger partial charge in [-0.25, -0.2) is 9.69 Å². The first kappa shape index (κ1) is 18.3. The molecule has 2 aromatic rings. The summed E-state index contributed by atoms with van der Waals surface area (Å²) in [6.45, 7) is 7.20. The minimum absolute atomic E-state index is 0.0390. The van der Waals surface area contributed by atoms with Crippen LogP contribution in [0.5, 0.6) is 5.75 Å². The van der Waals surface area contributed by atoms with E-state index in [1.54, 1.807) is 24.3 Å². The van der Waals surface area contributed by atoms with Crippen molar-refractivity contribution in [3.8, 4) is 5.75 Å². The molecule has 0 radical (unpaired) electrons. The molecule has 3 amide bonds. The number of ether oxygens (including phenoxy) is 1. The highest BCUT2D eigenvalue weighted by Gasteiger charge is 2.20. The Hall–Kier alpha value is -3.02. The molecule has 0 unspecified atom stereocenters. The van der Waals surface area contributed by atoms with Crippen LogP contribution in [0.25, 0.3) is 0 Å². The van der Waals surface area contributed by atoms with Gasteiger partial charge in [0.15, 0.2) is 6.73 Å². The second kappa shape index (κ2) is 7.70. The van der Waals surface area contributed by atoms with Crippen molar-refractivity contribution in [3.63, 3.8) is 0 Å². The Morgan fingerprint density at radius 1 is 1.04 bits per heavy atom. The van der Waals surface area contributed by atoms with Gasteiger partial charge in [-0.15, -0.1) is 0 Å². The van der Waals surface area contributed by atoms with Gasteiger partial charge in [0.1, 0.15) is 5.75 Å². The van der Waals surface area contributed by atoms with E-state index in [9.17, 15) is 9.59 Å². The fraction of sp³-hybridized carbons (Fsp3) is 0.263. The number of carbonyl (C=O) groups excluding carboxylic acids is 2. The average molecular weight is 341 g/mol. The monoisotopic (exact) mass is 341 g/mol. The summed E-state index contributed by atoms with van der Waals surface area (Å²) >= 11 is 0. The molecule has 0 fully saturated rings. The van der Waals surface area contributed by atoms with Crippen LogP contribution in [0, 0.1) is 20.8 Å². The number of aryl methyl sites for hydroxylation is 2. The van der Waals surface area contributed by atoms with Gasteiger partial charge >= 0.3 is 6.03 Å². The van der Waals surface area contributed by atoms with Crippen molar-refractivity contribution >= 4 is 23.3 Å². The van der Waals surface area contributed by atoms with E-state index in [0.29, 0.717) is 11.4 Å². The quantitative estimate of drug-likeness (QED) is 0.660. The second-order valence-corrected chi connectivity index (χ2v) is 5.87. The van der Waals surface area contributed by atoms with Crippen molar-refractivity contribution in [1.29, 1.82) is 0 Å². The number of hydrogen-bond acceptors (Lipinski definition) is 4. The van der Waals surface area contributed by atoms with E-state index < -0.39 is 11.9 Å². The van der Waals surface area contributed by atoms with Gasteiger partial charge < -0.3 is 15.8 Å². The van der Waals surface area contributed by atoms with Crippen molar-refractivity contribution in [2.24, 2.45) is 0 Å². The minimum Gasteiger partial charge on any atom is -0.473 e. The lowest BCUT2D eigenvalue weighted by molar-refractivity contribution is -0.115. The molecular weight excluding hydrogens is 318 g/mol. The largest absolute Gasteiger partial charge is 0.473 e. The van der Waals surface area contributed by atoms with Crippen molar-refractivity contribution in [1.82, 2.24) is 5.32 Å². The Labute approximate surface area is 147 Å². The SMILES string of the molecule is CC(=O)N(C(=O)NCOc1c(C)ccc(C)c1C)c1ccc(N)cc1. The number of hydrogen-bond donors (Lipinski definition) is 2. The van der Waals surface area contributed by atoms with E-state index >= 15 is 0 Å². The molecule has 0 bridgehead atoms. The third-order valence-corrected chi connectivity index (χ3v) is 3.98. The van der Waals surface area contributed by atoms with Crippen molar-refractivity contribution < 1.29 is 14.3 Å². The topological polar surface area (TPSA) is 84.7 Å². The van der Waals surface area contributed by atoms with Gasteiger partial charge in [-0.05, 0) is 61.7 Å². The van der Waals surface area contributed by atoms with Crippen LogP contribution < -0.4 is 20.7 Å². The Kier molecular flexibility index (Phi) is 5.64. The van der Waals surface area contributed by atoms with Crippen LogP contribution in [-0.4, -0.2) is 18.7 Å². The predicted octanol–water partition coefficient (Wildman–Crippen LogP) is 3.29. The van der Waals surface area contributed by atoms with E-state index in [0.717, 1.165) is 27.3 Å². The molecule has 25 heavy (non-hydrogen) atoms. The number of nitrogen functional groups attached to an aromatic ring is 1. The first-order valence-electron chi connectivity index (χ1n) is 7.95. The van der Waals surface area contributed by atoms with Gasteiger partial charge in [-0.1, -0.05) is 12.1 Å². The maximum absolute atomic E-state index is 12.4. The Morgan fingerprint density at radius 3 is 2.24 bits per heavy atom. The molecule has 6 heteroatoms. The van der Waals surface area contributed by atoms with E-state index in [4.69, 9.17) is 10.5 Å². The smallest absolute Gasteiger partial charge is 0.331 e. The molecule has 0 heterocycles. The van der Waals surface area contributed by atoms with E-state index in [1.807, 2.05) is 32.9 Å². The number of imide groups is 1. The normalized spacial score (nSPS) is 10.2. The lowest BCUT2D eigenvalue weighted by Crippen LogP contribution is -2.44. The van der Waals surface area contributed by atoms with Crippen LogP contribution in [0.3, 0.4) is 0 Å². The molecule has 0 aliphatic rings. The van der Waals surface area contributed by atoms with E-state index in [1.165, 1.54) is 6.92 Å². The number of urea groups is 1. The summed E-state index contributed by atoms with van der Waals surface area (Å²) in [5.74, 6) is 0.340. The van der Waals surface area contributed by atoms with Crippen molar-refractivity contribution in [3.05, 3.63) is 53.1 Å². The van der Waals surface area contributed by atoms with Gasteiger partial charge in [0, 0.05) is 12.6 Å². The van der Waals surface area contributed by atoms with Crippen LogP contribution >= 0.6 is 0 Å². The van der Waals surface area contributed by atoms with Gasteiger partial charge in [0.05, 0.1) is 5.69 Å². The molecule has 0 aliphatic carbocycles. The molecule has 6 nitrogen and oxygen atoms in total. The summed E-state index contributed by atoms with van der Waals surface area (Å²) in [4.78, 5) is 25.3. The summed E-state index contributed by atoms with van der Waals surface area (Å²) in [6.07, 6.45) is 0. The van der Waals surface area contributed by atoms with Crippen LogP contribution in [0.2, 0.25) is 0 Å². The van der Waals surface area contributed by atoms with E-state index in [2.05, 4.69) is 5.32 Å². The Bertz CT molecular complexity index is 785.